The van der Waals surface area contributed by atoms with Crippen LogP contribution in [0.15, 0.2) is 52.5 Å². The Labute approximate surface area is 176 Å². The fraction of sp³-hybridized carbons (Fsp3) is 0.158. The minimum Gasteiger partial charge on any atom is -0.490 e. The molecule has 3 rings (SSSR count). The van der Waals surface area contributed by atoms with E-state index in [1.165, 1.54) is 6.20 Å². The van der Waals surface area contributed by atoms with Gasteiger partial charge in [0.2, 0.25) is 0 Å². The molecule has 0 fully saturated rings. The van der Waals surface area contributed by atoms with E-state index in [1.54, 1.807) is 30.5 Å². The molecule has 2 N–H and O–H groups in total. The lowest BCUT2D eigenvalue weighted by Crippen LogP contribution is -2.13. The number of hydrogen-bond acceptors (Lipinski definition) is 7. The Kier molecular flexibility index (Phi) is 7.04. The van der Waals surface area contributed by atoms with Gasteiger partial charge in [0.1, 0.15) is 6.61 Å². The first-order valence-electron chi connectivity index (χ1n) is 8.59. The molecule has 0 aliphatic carbocycles. The third-order valence-electron chi connectivity index (χ3n) is 3.61. The van der Waals surface area contributed by atoms with Crippen LogP contribution in [0.3, 0.4) is 0 Å². The maximum absolute atomic E-state index is 11.1. The number of hydrazone groups is 1. The summed E-state index contributed by atoms with van der Waals surface area (Å²) in [6.45, 7) is 2.67. The number of benzene rings is 2. The quantitative estimate of drug-likeness (QED) is 0.412. The van der Waals surface area contributed by atoms with Crippen molar-refractivity contribution in [2.45, 2.75) is 13.5 Å². The minimum atomic E-state index is -0.563. The molecule has 150 valence electrons. The Morgan fingerprint density at radius 1 is 1.14 bits per heavy atom. The van der Waals surface area contributed by atoms with E-state index in [9.17, 15) is 4.79 Å². The molecule has 0 spiro atoms. The fourth-order valence-corrected chi connectivity index (χ4v) is 2.64. The van der Waals surface area contributed by atoms with Gasteiger partial charge in [0.05, 0.1) is 29.1 Å². The molecule has 1 heterocycles. The highest BCUT2D eigenvalue weighted by Crippen LogP contribution is 2.30. The van der Waals surface area contributed by atoms with Crippen molar-refractivity contribution >= 4 is 35.2 Å². The molecule has 0 amide bonds. The Hall–Kier alpha value is -3.10. The zero-order valence-corrected chi connectivity index (χ0v) is 16.9. The molecule has 0 saturated heterocycles. The van der Waals surface area contributed by atoms with Crippen molar-refractivity contribution in [2.75, 3.05) is 12.0 Å². The van der Waals surface area contributed by atoms with Crippen LogP contribution in [-0.4, -0.2) is 28.0 Å². The van der Waals surface area contributed by atoms with Crippen molar-refractivity contribution in [2.24, 2.45) is 5.10 Å². The van der Waals surface area contributed by atoms with Crippen molar-refractivity contribution in [3.8, 4) is 11.5 Å². The molecule has 1 aromatic heterocycles. The van der Waals surface area contributed by atoms with Gasteiger partial charge in [-0.1, -0.05) is 29.3 Å². The number of nitrogens with one attached hydrogen (secondary N) is 2. The van der Waals surface area contributed by atoms with Gasteiger partial charge in [-0.3, -0.25) is 5.43 Å². The largest absolute Gasteiger partial charge is 0.490 e. The summed E-state index contributed by atoms with van der Waals surface area (Å²) >= 11 is 12.0. The maximum atomic E-state index is 11.1. The number of halogens is 2. The van der Waals surface area contributed by atoms with E-state index < -0.39 is 5.69 Å². The summed E-state index contributed by atoms with van der Waals surface area (Å²) in [4.78, 5) is 14.8. The second kappa shape index (κ2) is 9.90. The SMILES string of the molecule is CCOc1cc(/C=N/Nc2cn[nH]c(=O)n2)ccc1OCc1ccc(Cl)c(Cl)c1. The number of aromatic amines is 1. The van der Waals surface area contributed by atoms with Crippen LogP contribution >= 0.6 is 23.2 Å². The molecule has 0 atom stereocenters. The van der Waals surface area contributed by atoms with Gasteiger partial charge in [-0.05, 0) is 48.4 Å². The number of aromatic nitrogens is 3. The van der Waals surface area contributed by atoms with Crippen molar-refractivity contribution < 1.29 is 9.47 Å². The molecule has 0 unspecified atom stereocenters. The first-order chi connectivity index (χ1) is 14.0. The molecule has 0 aliphatic rings. The molecule has 0 radical (unpaired) electrons. The summed E-state index contributed by atoms with van der Waals surface area (Å²) in [5, 5.41) is 10.8. The average molecular weight is 434 g/mol. The standard InChI is InChI=1S/C19H17Cl2N5O3/c1-2-28-17-8-12(9-22-25-18-10-23-26-19(27)24-18)4-6-16(17)29-11-13-3-5-14(20)15(21)7-13/h3-10H,2,11H2,1H3,(H2,24,25,26,27)/b22-9+. The van der Waals surface area contributed by atoms with Crippen molar-refractivity contribution in [1.82, 2.24) is 15.2 Å². The summed E-state index contributed by atoms with van der Waals surface area (Å²) in [6, 6.07) is 10.7. The van der Waals surface area contributed by atoms with E-state index in [2.05, 4.69) is 25.7 Å². The fourth-order valence-electron chi connectivity index (χ4n) is 2.32. The second-order valence-electron chi connectivity index (χ2n) is 5.72. The predicted octanol–water partition coefficient (Wildman–Crippen LogP) is 3.90. The summed E-state index contributed by atoms with van der Waals surface area (Å²) in [7, 11) is 0. The maximum Gasteiger partial charge on any atom is 0.363 e. The number of anilines is 1. The Morgan fingerprint density at radius 2 is 2.00 bits per heavy atom. The summed E-state index contributed by atoms with van der Waals surface area (Å²) in [5.74, 6) is 1.40. The van der Waals surface area contributed by atoms with Crippen LogP contribution in [0.25, 0.3) is 0 Å². The van der Waals surface area contributed by atoms with Gasteiger partial charge < -0.3 is 9.47 Å². The van der Waals surface area contributed by atoms with E-state index in [1.807, 2.05) is 19.1 Å². The number of ether oxygens (including phenoxy) is 2. The van der Waals surface area contributed by atoms with Gasteiger partial charge in [-0.2, -0.15) is 15.2 Å². The van der Waals surface area contributed by atoms with Gasteiger partial charge in [-0.25, -0.2) is 9.89 Å². The van der Waals surface area contributed by atoms with Crippen LogP contribution in [0.5, 0.6) is 11.5 Å². The summed E-state index contributed by atoms with van der Waals surface area (Å²) in [5.41, 5.74) is 3.72. The molecule has 3 aromatic rings. The van der Waals surface area contributed by atoms with Crippen LogP contribution in [-0.2, 0) is 6.61 Å². The highest BCUT2D eigenvalue weighted by Gasteiger charge is 2.07. The zero-order chi connectivity index (χ0) is 20.6. The Bertz CT molecular complexity index is 1070. The van der Waals surface area contributed by atoms with Crippen LogP contribution < -0.4 is 20.6 Å². The monoisotopic (exact) mass is 433 g/mol. The topological polar surface area (TPSA) is 101 Å². The average Bonchev–Trinajstić information content (AvgIpc) is 2.70. The van der Waals surface area contributed by atoms with Crippen LogP contribution in [0.1, 0.15) is 18.1 Å². The van der Waals surface area contributed by atoms with Gasteiger partial charge in [0.15, 0.2) is 17.3 Å². The molecular formula is C19H17Cl2N5O3. The van der Waals surface area contributed by atoms with Crippen molar-refractivity contribution in [3.63, 3.8) is 0 Å². The zero-order valence-electron chi connectivity index (χ0n) is 15.4. The lowest BCUT2D eigenvalue weighted by molar-refractivity contribution is 0.269. The number of H-pyrrole nitrogens is 1. The number of nitrogens with zero attached hydrogens (tertiary/aromatic N) is 3. The van der Waals surface area contributed by atoms with E-state index in [0.717, 1.165) is 11.1 Å². The number of hydrogen-bond donors (Lipinski definition) is 2. The smallest absolute Gasteiger partial charge is 0.363 e. The highest BCUT2D eigenvalue weighted by molar-refractivity contribution is 6.42. The second-order valence-corrected chi connectivity index (χ2v) is 6.53. The molecule has 2 aromatic carbocycles. The number of rotatable bonds is 8. The van der Waals surface area contributed by atoms with Crippen molar-refractivity contribution in [1.29, 1.82) is 0 Å². The molecule has 29 heavy (non-hydrogen) atoms. The molecule has 10 heteroatoms. The Morgan fingerprint density at radius 3 is 2.76 bits per heavy atom. The molecule has 8 nitrogen and oxygen atoms in total. The molecule has 0 saturated carbocycles. The molecular weight excluding hydrogens is 417 g/mol. The molecule has 0 bridgehead atoms. The van der Waals surface area contributed by atoms with Gasteiger partial charge in [0, 0.05) is 0 Å². The molecule has 0 aliphatic heterocycles. The highest BCUT2D eigenvalue weighted by atomic mass is 35.5. The normalized spacial score (nSPS) is 10.9. The van der Waals surface area contributed by atoms with Crippen LogP contribution in [0, 0.1) is 0 Å². The van der Waals surface area contributed by atoms with Gasteiger partial charge >= 0.3 is 5.69 Å². The third kappa shape index (κ3) is 5.94. The first kappa shape index (κ1) is 20.6. The van der Waals surface area contributed by atoms with Gasteiger partial charge in [-0.15, -0.1) is 0 Å². The predicted molar refractivity (Wildman–Crippen MR) is 112 cm³/mol. The third-order valence-corrected chi connectivity index (χ3v) is 4.35. The van der Waals surface area contributed by atoms with Gasteiger partial charge in [0.25, 0.3) is 0 Å². The van der Waals surface area contributed by atoms with E-state index in [0.29, 0.717) is 34.8 Å². The van der Waals surface area contributed by atoms with Crippen LogP contribution in [0.4, 0.5) is 5.82 Å². The van der Waals surface area contributed by atoms with E-state index in [4.69, 9.17) is 32.7 Å². The van der Waals surface area contributed by atoms with E-state index in [-0.39, 0.29) is 5.82 Å². The van der Waals surface area contributed by atoms with E-state index >= 15 is 0 Å². The summed E-state index contributed by atoms with van der Waals surface area (Å²) < 4.78 is 11.5. The Balaban J connectivity index is 1.69. The summed E-state index contributed by atoms with van der Waals surface area (Å²) in [6.07, 6.45) is 2.92. The lowest BCUT2D eigenvalue weighted by Gasteiger charge is -2.13. The van der Waals surface area contributed by atoms with Crippen molar-refractivity contribution in [3.05, 3.63) is 74.3 Å². The minimum absolute atomic E-state index is 0.233. The first-order valence-corrected chi connectivity index (χ1v) is 9.35. The lowest BCUT2D eigenvalue weighted by atomic mass is 10.2. The van der Waals surface area contributed by atoms with Crippen LogP contribution in [0.2, 0.25) is 10.0 Å².